The summed E-state index contributed by atoms with van der Waals surface area (Å²) in [5, 5.41) is 3.25. The van der Waals surface area contributed by atoms with Crippen molar-refractivity contribution in [2.45, 2.75) is 58.0 Å². The Morgan fingerprint density at radius 3 is 2.45 bits per heavy atom. The molecule has 0 saturated heterocycles. The molecule has 0 aliphatic rings. The minimum absolute atomic E-state index is 0.309. The minimum atomic E-state index is -3.40. The van der Waals surface area contributed by atoms with E-state index in [1.807, 2.05) is 0 Å². The smallest absolute Gasteiger partial charge is 0.242 e. The Morgan fingerprint density at radius 1 is 1.25 bits per heavy atom. The lowest BCUT2D eigenvalue weighted by molar-refractivity contribution is 0.479. The van der Waals surface area contributed by atoms with Gasteiger partial charge in [0.05, 0.1) is 4.90 Å². The molecule has 6 heteroatoms. The number of aromatic nitrogens is 1. The van der Waals surface area contributed by atoms with E-state index in [-0.39, 0.29) is 0 Å². The van der Waals surface area contributed by atoms with E-state index in [0.717, 1.165) is 18.5 Å². The molecule has 0 spiro atoms. The maximum Gasteiger partial charge on any atom is 0.242 e. The van der Waals surface area contributed by atoms with Crippen molar-refractivity contribution in [3.8, 4) is 0 Å². The molecule has 1 heterocycles. The van der Waals surface area contributed by atoms with Gasteiger partial charge in [0, 0.05) is 31.0 Å². The molecule has 0 aliphatic carbocycles. The highest BCUT2D eigenvalue weighted by Crippen LogP contribution is 2.12. The van der Waals surface area contributed by atoms with Crippen LogP contribution in [0.3, 0.4) is 0 Å². The molecule has 1 rings (SSSR count). The molecular formula is C14H27N3O2S. The molecule has 0 amide bonds. The second-order valence-corrected chi connectivity index (χ2v) is 7.20. The van der Waals surface area contributed by atoms with E-state index in [2.05, 4.69) is 42.7 Å². The van der Waals surface area contributed by atoms with Crippen molar-refractivity contribution < 1.29 is 8.42 Å². The molecule has 1 aromatic heterocycles. The van der Waals surface area contributed by atoms with Crippen molar-refractivity contribution in [2.24, 2.45) is 5.92 Å². The van der Waals surface area contributed by atoms with Crippen LogP contribution in [0.25, 0.3) is 0 Å². The van der Waals surface area contributed by atoms with Crippen molar-refractivity contribution in [3.05, 3.63) is 18.0 Å². The standard InChI is InChI=1S/C14H27N3O2S/c1-5-12(6-2)8-17-20(18,19)14-7-13(16-10-14)9-15-11(3)4/h7,10-12,15-17H,5-6,8-9H2,1-4H3. The quantitative estimate of drug-likeness (QED) is 0.655. The zero-order valence-corrected chi connectivity index (χ0v) is 13.7. The van der Waals surface area contributed by atoms with Crippen LogP contribution >= 0.6 is 0 Å². The zero-order valence-electron chi connectivity index (χ0n) is 12.9. The van der Waals surface area contributed by atoms with Crippen LogP contribution in [0.4, 0.5) is 0 Å². The molecule has 0 fully saturated rings. The van der Waals surface area contributed by atoms with Crippen molar-refractivity contribution in [3.63, 3.8) is 0 Å². The summed E-state index contributed by atoms with van der Waals surface area (Å²) in [7, 11) is -3.40. The second-order valence-electron chi connectivity index (χ2n) is 5.43. The lowest BCUT2D eigenvalue weighted by Crippen LogP contribution is -2.28. The summed E-state index contributed by atoms with van der Waals surface area (Å²) in [4.78, 5) is 3.31. The van der Waals surface area contributed by atoms with Crippen LogP contribution in [-0.2, 0) is 16.6 Å². The number of hydrogen-bond donors (Lipinski definition) is 3. The van der Waals surface area contributed by atoms with E-state index in [9.17, 15) is 8.42 Å². The average molecular weight is 301 g/mol. The SMILES string of the molecule is CCC(CC)CNS(=O)(=O)c1c[nH]c(CNC(C)C)c1. The Morgan fingerprint density at radius 2 is 1.90 bits per heavy atom. The molecule has 5 nitrogen and oxygen atoms in total. The number of H-pyrrole nitrogens is 1. The molecule has 0 radical (unpaired) electrons. The highest BCUT2D eigenvalue weighted by Gasteiger charge is 2.17. The second kappa shape index (κ2) is 7.81. The Kier molecular flexibility index (Phi) is 6.71. The molecule has 116 valence electrons. The van der Waals surface area contributed by atoms with E-state index >= 15 is 0 Å². The molecule has 0 aromatic carbocycles. The number of aromatic amines is 1. The van der Waals surface area contributed by atoms with Gasteiger partial charge >= 0.3 is 0 Å². The Balaban J connectivity index is 2.63. The average Bonchev–Trinajstić information content (AvgIpc) is 2.87. The fraction of sp³-hybridized carbons (Fsp3) is 0.714. The van der Waals surface area contributed by atoms with Gasteiger partial charge in [-0.1, -0.05) is 40.5 Å². The van der Waals surface area contributed by atoms with E-state index in [0.29, 0.717) is 29.9 Å². The van der Waals surface area contributed by atoms with Crippen LogP contribution in [0.15, 0.2) is 17.2 Å². The maximum atomic E-state index is 12.2. The third-order valence-electron chi connectivity index (χ3n) is 3.44. The predicted molar refractivity (Wildman–Crippen MR) is 82.0 cm³/mol. The molecule has 3 N–H and O–H groups in total. The predicted octanol–water partition coefficient (Wildman–Crippen LogP) is 2.23. The molecule has 0 saturated carbocycles. The molecule has 0 unspecified atom stereocenters. The van der Waals surface area contributed by atoms with Gasteiger partial charge in [0.1, 0.15) is 0 Å². The fourth-order valence-electron chi connectivity index (χ4n) is 1.88. The van der Waals surface area contributed by atoms with Crippen LogP contribution in [0.1, 0.15) is 46.2 Å². The lowest BCUT2D eigenvalue weighted by atomic mass is 10.0. The van der Waals surface area contributed by atoms with Crippen LogP contribution in [0, 0.1) is 5.92 Å². The summed E-state index contributed by atoms with van der Waals surface area (Å²) in [6.45, 7) is 9.40. The molecule has 0 bridgehead atoms. The number of rotatable bonds is 9. The van der Waals surface area contributed by atoms with Gasteiger partial charge in [0.25, 0.3) is 0 Å². The van der Waals surface area contributed by atoms with E-state index in [1.54, 1.807) is 12.3 Å². The molecule has 0 atom stereocenters. The zero-order chi connectivity index (χ0) is 15.2. The normalized spacial score (nSPS) is 12.5. The lowest BCUT2D eigenvalue weighted by Gasteiger charge is -2.12. The summed E-state index contributed by atoms with van der Waals surface area (Å²) in [6, 6.07) is 2.05. The summed E-state index contributed by atoms with van der Waals surface area (Å²) in [5.41, 5.74) is 0.876. The summed E-state index contributed by atoms with van der Waals surface area (Å²) in [5.74, 6) is 0.394. The van der Waals surface area contributed by atoms with E-state index < -0.39 is 10.0 Å². The molecule has 20 heavy (non-hydrogen) atoms. The monoisotopic (exact) mass is 301 g/mol. The van der Waals surface area contributed by atoms with Crippen molar-refractivity contribution >= 4 is 10.0 Å². The largest absolute Gasteiger partial charge is 0.363 e. The maximum absolute atomic E-state index is 12.2. The van der Waals surface area contributed by atoms with Gasteiger partial charge in [-0.2, -0.15) is 0 Å². The fourth-order valence-corrected chi connectivity index (χ4v) is 3.01. The van der Waals surface area contributed by atoms with Crippen molar-refractivity contribution in [2.75, 3.05) is 6.54 Å². The molecule has 1 aromatic rings. The summed E-state index contributed by atoms with van der Waals surface area (Å²) >= 11 is 0. The van der Waals surface area contributed by atoms with Gasteiger partial charge in [-0.05, 0) is 12.0 Å². The van der Waals surface area contributed by atoms with E-state index in [1.165, 1.54) is 0 Å². The summed E-state index contributed by atoms with van der Waals surface area (Å²) in [6.07, 6.45) is 3.51. The first kappa shape index (κ1) is 17.2. The van der Waals surface area contributed by atoms with E-state index in [4.69, 9.17) is 0 Å². The van der Waals surface area contributed by atoms with Crippen LogP contribution < -0.4 is 10.0 Å². The number of sulfonamides is 1. The van der Waals surface area contributed by atoms with Gasteiger partial charge in [-0.15, -0.1) is 0 Å². The van der Waals surface area contributed by atoms with Crippen molar-refractivity contribution in [1.82, 2.24) is 15.0 Å². The van der Waals surface area contributed by atoms with Crippen molar-refractivity contribution in [1.29, 1.82) is 0 Å². The first-order chi connectivity index (χ1) is 9.39. The Labute approximate surface area is 122 Å². The topological polar surface area (TPSA) is 74.0 Å². The Bertz CT molecular complexity index is 490. The third kappa shape index (κ3) is 5.26. The van der Waals surface area contributed by atoms with Crippen LogP contribution in [0.2, 0.25) is 0 Å². The summed E-state index contributed by atoms with van der Waals surface area (Å²) < 4.78 is 27.0. The molecular weight excluding hydrogens is 274 g/mol. The van der Waals surface area contributed by atoms with Crippen LogP contribution in [-0.4, -0.2) is 26.0 Å². The highest BCUT2D eigenvalue weighted by molar-refractivity contribution is 7.89. The van der Waals surface area contributed by atoms with Crippen LogP contribution in [0.5, 0.6) is 0 Å². The number of hydrogen-bond acceptors (Lipinski definition) is 3. The van der Waals surface area contributed by atoms with Gasteiger partial charge in [-0.3, -0.25) is 0 Å². The minimum Gasteiger partial charge on any atom is -0.363 e. The first-order valence-corrected chi connectivity index (χ1v) is 8.77. The third-order valence-corrected chi connectivity index (χ3v) is 4.85. The van der Waals surface area contributed by atoms with Gasteiger partial charge in [0.2, 0.25) is 10.0 Å². The Hall–Kier alpha value is -0.850. The molecule has 0 aliphatic heterocycles. The van der Waals surface area contributed by atoms with Gasteiger partial charge in [0.15, 0.2) is 0 Å². The van der Waals surface area contributed by atoms with Gasteiger partial charge in [-0.25, -0.2) is 13.1 Å². The first-order valence-electron chi connectivity index (χ1n) is 7.29. The highest BCUT2D eigenvalue weighted by atomic mass is 32.2. The van der Waals surface area contributed by atoms with Gasteiger partial charge < -0.3 is 10.3 Å². The number of nitrogens with one attached hydrogen (secondary N) is 3.